The van der Waals surface area contributed by atoms with Crippen LogP contribution in [0.25, 0.3) is 32.7 Å². The summed E-state index contributed by atoms with van der Waals surface area (Å²) < 4.78 is 14.1. The van der Waals surface area contributed by atoms with Crippen molar-refractivity contribution in [2.24, 2.45) is 0 Å². The summed E-state index contributed by atoms with van der Waals surface area (Å²) in [5, 5.41) is 4.38. The Morgan fingerprint density at radius 1 is 0.510 bits per heavy atom. The van der Waals surface area contributed by atoms with Crippen molar-refractivity contribution in [3.8, 4) is 11.5 Å². The molecule has 51 heavy (non-hydrogen) atoms. The van der Waals surface area contributed by atoms with Gasteiger partial charge in [0.1, 0.15) is 17.1 Å². The van der Waals surface area contributed by atoms with Gasteiger partial charge in [0.25, 0.3) is 6.71 Å². The fraction of sp³-hybridized carbons (Fsp3) is 0. The first-order chi connectivity index (χ1) is 25.3. The van der Waals surface area contributed by atoms with E-state index in [4.69, 9.17) is 9.15 Å². The highest BCUT2D eigenvalue weighted by atomic mass is 16.5. The van der Waals surface area contributed by atoms with E-state index in [0.29, 0.717) is 0 Å². The molecule has 0 spiro atoms. The summed E-state index contributed by atoms with van der Waals surface area (Å²) in [4.78, 5) is 4.70. The Morgan fingerprint density at radius 2 is 1.12 bits per heavy atom. The predicted octanol–water partition coefficient (Wildman–Crippen LogP) is 10.6. The molecule has 3 heterocycles. The molecule has 0 fully saturated rings. The molecule has 0 aliphatic carbocycles. The molecule has 0 amide bonds. The molecule has 2 aliphatic rings. The summed E-state index contributed by atoms with van der Waals surface area (Å²) in [6, 6.07) is 62.1. The van der Waals surface area contributed by atoms with Gasteiger partial charge in [-0.25, -0.2) is 0 Å². The molecular weight excluding hydrogens is 623 g/mol. The average molecular weight is 653 g/mol. The Balaban J connectivity index is 1.27. The first kappa shape index (κ1) is 28.2. The number of benzene rings is 8. The zero-order valence-electron chi connectivity index (χ0n) is 27.5. The average Bonchev–Trinajstić information content (AvgIpc) is 3.57. The molecule has 9 aromatic rings. The number of furan rings is 1. The highest BCUT2D eigenvalue weighted by Crippen LogP contribution is 2.50. The van der Waals surface area contributed by atoms with Gasteiger partial charge in [-0.2, -0.15) is 0 Å². The molecule has 0 unspecified atom stereocenters. The van der Waals surface area contributed by atoms with Crippen LogP contribution in [0.5, 0.6) is 11.5 Å². The predicted molar refractivity (Wildman–Crippen MR) is 212 cm³/mol. The minimum Gasteiger partial charge on any atom is -0.458 e. The van der Waals surface area contributed by atoms with Crippen LogP contribution in [-0.4, -0.2) is 6.71 Å². The third kappa shape index (κ3) is 4.09. The highest BCUT2D eigenvalue weighted by molar-refractivity contribution is 6.99. The van der Waals surface area contributed by atoms with Crippen LogP contribution in [0.1, 0.15) is 0 Å². The molecule has 0 N–H and O–H groups in total. The van der Waals surface area contributed by atoms with E-state index in [1.807, 2.05) is 0 Å². The number of hydrogen-bond acceptors (Lipinski definition) is 4. The summed E-state index contributed by atoms with van der Waals surface area (Å²) in [6.07, 6.45) is 0. The van der Waals surface area contributed by atoms with Crippen molar-refractivity contribution < 1.29 is 9.15 Å². The number of ether oxygens (including phenoxy) is 1. The smallest absolute Gasteiger partial charge is 0.256 e. The summed E-state index contributed by atoms with van der Waals surface area (Å²) >= 11 is 0. The van der Waals surface area contributed by atoms with E-state index in [1.165, 1.54) is 5.46 Å². The normalized spacial score (nSPS) is 12.8. The van der Waals surface area contributed by atoms with Gasteiger partial charge in [-0.3, -0.25) is 0 Å². The molecule has 2 aliphatic heterocycles. The van der Waals surface area contributed by atoms with Gasteiger partial charge in [-0.1, -0.05) is 115 Å². The zero-order chi connectivity index (χ0) is 33.5. The number of rotatable bonds is 4. The molecule has 0 saturated carbocycles. The van der Waals surface area contributed by atoms with Crippen molar-refractivity contribution in [2.45, 2.75) is 0 Å². The van der Waals surface area contributed by atoms with Gasteiger partial charge in [-0.05, 0) is 70.9 Å². The third-order valence-corrected chi connectivity index (χ3v) is 10.5. The molecule has 0 saturated heterocycles. The molecule has 5 heteroatoms. The Morgan fingerprint density at radius 3 is 1.86 bits per heavy atom. The topological polar surface area (TPSA) is 28.9 Å². The largest absolute Gasteiger partial charge is 0.458 e. The molecular formula is C46H29BN2O2. The third-order valence-electron chi connectivity index (χ3n) is 10.5. The molecule has 8 aromatic carbocycles. The monoisotopic (exact) mass is 652 g/mol. The molecule has 0 radical (unpaired) electrons. The van der Waals surface area contributed by atoms with Crippen LogP contribution >= 0.6 is 0 Å². The second-order valence-corrected chi connectivity index (χ2v) is 13.2. The Hall–Kier alpha value is -6.72. The molecule has 238 valence electrons. The lowest BCUT2D eigenvalue weighted by atomic mass is 9.34. The quantitative estimate of drug-likeness (QED) is 0.177. The highest BCUT2D eigenvalue weighted by Gasteiger charge is 2.43. The lowest BCUT2D eigenvalue weighted by Gasteiger charge is -2.39. The van der Waals surface area contributed by atoms with E-state index >= 15 is 0 Å². The Labute approximate surface area is 295 Å². The lowest BCUT2D eigenvalue weighted by Crippen LogP contribution is -2.59. The number of nitrogens with zero attached hydrogens (tertiary/aromatic N) is 2. The number of anilines is 6. The fourth-order valence-electron chi connectivity index (χ4n) is 8.39. The van der Waals surface area contributed by atoms with Crippen LogP contribution in [0.2, 0.25) is 0 Å². The van der Waals surface area contributed by atoms with Gasteiger partial charge in [-0.15, -0.1) is 0 Å². The summed E-state index contributed by atoms with van der Waals surface area (Å²) in [5.41, 5.74) is 11.7. The van der Waals surface area contributed by atoms with E-state index in [2.05, 4.69) is 186 Å². The minimum absolute atomic E-state index is 0.00678. The summed E-state index contributed by atoms with van der Waals surface area (Å²) in [5.74, 6) is 1.76. The van der Waals surface area contributed by atoms with Crippen molar-refractivity contribution in [3.63, 3.8) is 0 Å². The Kier molecular flexibility index (Phi) is 6.01. The van der Waals surface area contributed by atoms with Crippen molar-refractivity contribution in [1.82, 2.24) is 0 Å². The maximum Gasteiger partial charge on any atom is 0.256 e. The number of fused-ring (bicyclic) bond motifs is 10. The van der Waals surface area contributed by atoms with Crippen LogP contribution in [-0.2, 0) is 0 Å². The van der Waals surface area contributed by atoms with Gasteiger partial charge in [0, 0.05) is 50.4 Å². The van der Waals surface area contributed by atoms with Crippen molar-refractivity contribution in [1.29, 1.82) is 0 Å². The molecule has 0 atom stereocenters. The van der Waals surface area contributed by atoms with Crippen molar-refractivity contribution >= 4 is 89.9 Å². The van der Waals surface area contributed by atoms with Gasteiger partial charge < -0.3 is 19.0 Å². The summed E-state index contributed by atoms with van der Waals surface area (Å²) in [7, 11) is 0. The fourth-order valence-corrected chi connectivity index (χ4v) is 8.39. The molecule has 0 bridgehead atoms. The summed E-state index contributed by atoms with van der Waals surface area (Å²) in [6.45, 7) is -0.00678. The minimum atomic E-state index is -0.00678. The second kappa shape index (κ2) is 10.9. The lowest BCUT2D eigenvalue weighted by molar-refractivity contribution is 0.488. The maximum absolute atomic E-state index is 7.22. The van der Waals surface area contributed by atoms with E-state index in [0.717, 1.165) is 89.3 Å². The standard InChI is InChI=1S/C46H29BN2O2/c1-4-16-30(17-5-1)48(31-18-6-2-7-19-31)39-29-41-43(34-23-11-10-22-33(34)39)35-28-42-44-45(46(35)51-41)49(32-20-8-3-9-21-32)38-26-14-12-24-36(38)47(44)37-25-13-15-27-40(37)50-42/h1-29H. The van der Waals surface area contributed by atoms with Crippen LogP contribution in [0.15, 0.2) is 180 Å². The molecule has 4 nitrogen and oxygen atoms in total. The van der Waals surface area contributed by atoms with Crippen LogP contribution in [0.3, 0.4) is 0 Å². The number of hydrogen-bond donors (Lipinski definition) is 0. The van der Waals surface area contributed by atoms with Gasteiger partial charge >= 0.3 is 0 Å². The van der Waals surface area contributed by atoms with Crippen LogP contribution in [0, 0.1) is 0 Å². The van der Waals surface area contributed by atoms with E-state index in [9.17, 15) is 0 Å². The SMILES string of the molecule is c1ccc(N(c2ccccc2)c2cc3oc4c5c6c(cc4c3c3ccccc23)Oc2ccccc2B6c2ccccc2N5c2ccccc2)cc1. The van der Waals surface area contributed by atoms with Crippen LogP contribution in [0.4, 0.5) is 34.1 Å². The Bertz CT molecular complexity index is 2760. The van der Waals surface area contributed by atoms with E-state index in [-0.39, 0.29) is 6.71 Å². The van der Waals surface area contributed by atoms with E-state index in [1.54, 1.807) is 0 Å². The van der Waals surface area contributed by atoms with Gasteiger partial charge in [0.2, 0.25) is 0 Å². The van der Waals surface area contributed by atoms with Crippen molar-refractivity contribution in [3.05, 3.63) is 176 Å². The van der Waals surface area contributed by atoms with Gasteiger partial charge in [0.15, 0.2) is 5.58 Å². The van der Waals surface area contributed by atoms with Crippen LogP contribution < -0.4 is 30.9 Å². The molecule has 11 rings (SSSR count). The van der Waals surface area contributed by atoms with Gasteiger partial charge in [0.05, 0.1) is 11.4 Å². The van der Waals surface area contributed by atoms with E-state index < -0.39 is 0 Å². The molecule has 1 aromatic heterocycles. The zero-order valence-corrected chi connectivity index (χ0v) is 27.5. The first-order valence-corrected chi connectivity index (χ1v) is 17.4. The first-order valence-electron chi connectivity index (χ1n) is 17.4. The second-order valence-electron chi connectivity index (χ2n) is 13.2. The van der Waals surface area contributed by atoms with Crippen molar-refractivity contribution in [2.75, 3.05) is 9.80 Å². The number of para-hydroxylation sites is 5. The maximum atomic E-state index is 7.22.